The Bertz CT molecular complexity index is 640. The molecule has 1 atom stereocenters. The van der Waals surface area contributed by atoms with Crippen molar-refractivity contribution in [1.29, 1.82) is 0 Å². The molecule has 1 aliphatic heterocycles. The van der Waals surface area contributed by atoms with Crippen LogP contribution in [0.15, 0.2) is 39.5 Å². The third-order valence-electron chi connectivity index (χ3n) is 3.64. The van der Waals surface area contributed by atoms with Crippen molar-refractivity contribution < 1.29 is 9.90 Å². The summed E-state index contributed by atoms with van der Waals surface area (Å²) in [5.74, 6) is -0.742. The van der Waals surface area contributed by atoms with E-state index in [0.717, 1.165) is 14.9 Å². The lowest BCUT2D eigenvalue weighted by atomic mass is 9.94. The molecular weight excluding hydrogens is 338 g/mol. The van der Waals surface area contributed by atoms with Crippen molar-refractivity contribution in [2.24, 2.45) is 0 Å². The molecule has 1 aliphatic rings. The van der Waals surface area contributed by atoms with Gasteiger partial charge < -0.3 is 5.11 Å². The van der Waals surface area contributed by atoms with Crippen molar-refractivity contribution in [3.05, 3.63) is 56.2 Å². The van der Waals surface area contributed by atoms with Crippen molar-refractivity contribution >= 4 is 33.2 Å². The molecule has 0 spiro atoms. The lowest BCUT2D eigenvalue weighted by Gasteiger charge is -2.34. The number of halogens is 1. The molecule has 0 bridgehead atoms. The number of thiophene rings is 1. The Hall–Kier alpha value is -1.17. The molecule has 0 saturated carbocycles. The van der Waals surface area contributed by atoms with Crippen LogP contribution in [0.25, 0.3) is 0 Å². The maximum absolute atomic E-state index is 11.5. The van der Waals surface area contributed by atoms with E-state index in [1.165, 1.54) is 5.56 Å². The molecule has 0 amide bonds. The van der Waals surface area contributed by atoms with Crippen LogP contribution in [0.4, 0.5) is 0 Å². The van der Waals surface area contributed by atoms with Crippen LogP contribution in [-0.4, -0.2) is 22.0 Å². The number of nitrogens with zero attached hydrogens (tertiary/aromatic N) is 1. The Morgan fingerprint density at radius 1 is 1.40 bits per heavy atom. The lowest BCUT2D eigenvalue weighted by Crippen LogP contribution is -2.44. The fourth-order valence-electron chi connectivity index (χ4n) is 2.65. The van der Waals surface area contributed by atoms with Crippen LogP contribution < -0.4 is 0 Å². The molecular formula is C15H14BrNO2S. The highest BCUT2D eigenvalue weighted by atomic mass is 79.9. The molecule has 0 aliphatic carbocycles. The van der Waals surface area contributed by atoms with Crippen molar-refractivity contribution in [1.82, 2.24) is 4.90 Å². The molecule has 1 unspecified atom stereocenters. The van der Waals surface area contributed by atoms with Gasteiger partial charge in [0, 0.05) is 13.1 Å². The zero-order chi connectivity index (χ0) is 14.1. The lowest BCUT2D eigenvalue weighted by molar-refractivity contribution is -0.144. The SMILES string of the molecule is O=C(O)C1Cc2ccccc2CN1Cc1csc(Br)c1. The Kier molecular flexibility index (Phi) is 3.92. The average Bonchev–Trinajstić information content (AvgIpc) is 2.83. The topological polar surface area (TPSA) is 40.5 Å². The summed E-state index contributed by atoms with van der Waals surface area (Å²) in [4.78, 5) is 13.6. The normalized spacial score (nSPS) is 18.8. The summed E-state index contributed by atoms with van der Waals surface area (Å²) in [6.45, 7) is 1.37. The summed E-state index contributed by atoms with van der Waals surface area (Å²) >= 11 is 5.08. The maximum atomic E-state index is 11.5. The molecule has 3 nitrogen and oxygen atoms in total. The number of hydrogen-bond acceptors (Lipinski definition) is 3. The van der Waals surface area contributed by atoms with Gasteiger partial charge >= 0.3 is 5.97 Å². The standard InChI is InChI=1S/C15H14BrNO2S/c16-14-5-10(9-20-14)7-17-8-12-4-2-1-3-11(12)6-13(17)15(18)19/h1-5,9,13H,6-8H2,(H,18,19). The molecule has 3 rings (SSSR count). The second kappa shape index (κ2) is 5.68. The number of carbonyl (C=O) groups is 1. The first-order valence-electron chi connectivity index (χ1n) is 6.40. The summed E-state index contributed by atoms with van der Waals surface area (Å²) in [5.41, 5.74) is 3.55. The first kappa shape index (κ1) is 13.8. The van der Waals surface area contributed by atoms with E-state index in [1.807, 2.05) is 23.1 Å². The predicted octanol–water partition coefficient (Wildman–Crippen LogP) is 3.52. The molecule has 104 valence electrons. The number of aliphatic carboxylic acids is 1. The largest absolute Gasteiger partial charge is 0.480 e. The van der Waals surface area contributed by atoms with E-state index in [1.54, 1.807) is 11.3 Å². The van der Waals surface area contributed by atoms with Crippen LogP contribution in [0, 0.1) is 0 Å². The minimum absolute atomic E-state index is 0.441. The van der Waals surface area contributed by atoms with Crippen molar-refractivity contribution in [3.63, 3.8) is 0 Å². The number of carboxylic acids is 1. The number of carboxylic acid groups (broad SMARTS) is 1. The van der Waals surface area contributed by atoms with Gasteiger partial charge in [0.05, 0.1) is 3.79 Å². The van der Waals surface area contributed by atoms with Crippen LogP contribution in [0.5, 0.6) is 0 Å². The van der Waals surface area contributed by atoms with Gasteiger partial charge in [-0.3, -0.25) is 9.69 Å². The number of benzene rings is 1. The number of hydrogen-bond donors (Lipinski definition) is 1. The minimum Gasteiger partial charge on any atom is -0.480 e. The van der Waals surface area contributed by atoms with Gasteiger partial charge in [0.25, 0.3) is 0 Å². The van der Waals surface area contributed by atoms with E-state index < -0.39 is 12.0 Å². The highest BCUT2D eigenvalue weighted by Gasteiger charge is 2.31. The smallest absolute Gasteiger partial charge is 0.321 e. The quantitative estimate of drug-likeness (QED) is 0.919. The van der Waals surface area contributed by atoms with Crippen LogP contribution in [0.3, 0.4) is 0 Å². The third-order valence-corrected chi connectivity index (χ3v) is 5.19. The zero-order valence-corrected chi connectivity index (χ0v) is 13.2. The van der Waals surface area contributed by atoms with E-state index in [0.29, 0.717) is 19.5 Å². The number of fused-ring (bicyclic) bond motifs is 1. The molecule has 0 fully saturated rings. The van der Waals surface area contributed by atoms with Gasteiger partial charge in [-0.2, -0.15) is 0 Å². The van der Waals surface area contributed by atoms with Crippen LogP contribution in [-0.2, 0) is 24.3 Å². The van der Waals surface area contributed by atoms with Crippen molar-refractivity contribution in [3.8, 4) is 0 Å². The molecule has 2 aromatic rings. The molecule has 1 aromatic heterocycles. The molecule has 20 heavy (non-hydrogen) atoms. The molecule has 5 heteroatoms. The number of rotatable bonds is 3. The monoisotopic (exact) mass is 351 g/mol. The van der Waals surface area contributed by atoms with E-state index in [2.05, 4.69) is 33.4 Å². The molecule has 2 heterocycles. The molecule has 1 N–H and O–H groups in total. The van der Waals surface area contributed by atoms with E-state index in [-0.39, 0.29) is 0 Å². The minimum atomic E-state index is -0.742. The first-order valence-corrected chi connectivity index (χ1v) is 8.07. The summed E-state index contributed by atoms with van der Waals surface area (Å²) in [5, 5.41) is 11.5. The second-order valence-electron chi connectivity index (χ2n) is 4.99. The molecule has 0 radical (unpaired) electrons. The summed E-state index contributed by atoms with van der Waals surface area (Å²) in [6, 6.07) is 9.73. The highest BCUT2D eigenvalue weighted by molar-refractivity contribution is 9.11. The fraction of sp³-hybridized carbons (Fsp3) is 0.267. The van der Waals surface area contributed by atoms with E-state index in [4.69, 9.17) is 0 Å². The van der Waals surface area contributed by atoms with Crippen LogP contribution >= 0.6 is 27.3 Å². The van der Waals surface area contributed by atoms with Gasteiger partial charge in [-0.15, -0.1) is 11.3 Å². The van der Waals surface area contributed by atoms with Crippen molar-refractivity contribution in [2.45, 2.75) is 25.6 Å². The van der Waals surface area contributed by atoms with Gasteiger partial charge in [-0.05, 0) is 50.5 Å². The summed E-state index contributed by atoms with van der Waals surface area (Å²) < 4.78 is 1.08. The van der Waals surface area contributed by atoms with E-state index in [9.17, 15) is 9.90 Å². The average molecular weight is 352 g/mol. The Labute approximate surface area is 130 Å². The van der Waals surface area contributed by atoms with Crippen molar-refractivity contribution in [2.75, 3.05) is 0 Å². The van der Waals surface area contributed by atoms with Gasteiger partial charge in [-0.25, -0.2) is 0 Å². The second-order valence-corrected chi connectivity index (χ2v) is 7.28. The first-order chi connectivity index (χ1) is 9.63. The van der Waals surface area contributed by atoms with Gasteiger partial charge in [0.15, 0.2) is 0 Å². The zero-order valence-electron chi connectivity index (χ0n) is 10.8. The molecule has 1 aromatic carbocycles. The fourth-order valence-corrected chi connectivity index (χ4v) is 3.85. The Balaban J connectivity index is 1.86. The maximum Gasteiger partial charge on any atom is 0.321 e. The highest BCUT2D eigenvalue weighted by Crippen LogP contribution is 2.27. The van der Waals surface area contributed by atoms with Crippen LogP contribution in [0.2, 0.25) is 0 Å². The summed E-state index contributed by atoms with van der Waals surface area (Å²) in [7, 11) is 0. The van der Waals surface area contributed by atoms with Crippen LogP contribution in [0.1, 0.15) is 16.7 Å². The Morgan fingerprint density at radius 3 is 2.80 bits per heavy atom. The third kappa shape index (κ3) is 2.80. The van der Waals surface area contributed by atoms with Gasteiger partial charge in [0.1, 0.15) is 6.04 Å². The molecule has 0 saturated heterocycles. The van der Waals surface area contributed by atoms with Gasteiger partial charge in [0.2, 0.25) is 0 Å². The predicted molar refractivity (Wildman–Crippen MR) is 82.8 cm³/mol. The Morgan fingerprint density at radius 2 is 2.15 bits per heavy atom. The summed E-state index contributed by atoms with van der Waals surface area (Å²) in [6.07, 6.45) is 0.580. The van der Waals surface area contributed by atoms with Gasteiger partial charge in [-0.1, -0.05) is 24.3 Å². The van der Waals surface area contributed by atoms with E-state index >= 15 is 0 Å².